The maximum absolute atomic E-state index is 9.92. The molecule has 0 bridgehead atoms. The molecule has 1 aliphatic rings. The monoisotopic (exact) mass is 344 g/mol. The number of hydrogen-bond acceptors (Lipinski definition) is 8. The quantitative estimate of drug-likeness (QED) is 0.396. The van der Waals surface area contributed by atoms with E-state index in [1.807, 2.05) is 0 Å². The summed E-state index contributed by atoms with van der Waals surface area (Å²) in [7, 11) is 0. The zero-order chi connectivity index (χ0) is 17.9. The minimum atomic E-state index is -1.48. The summed E-state index contributed by atoms with van der Waals surface area (Å²) in [5.41, 5.74) is 0.719. The Hall–Kier alpha value is -1.42. The van der Waals surface area contributed by atoms with Gasteiger partial charge in [0.25, 0.3) is 0 Å². The highest BCUT2D eigenvalue weighted by atomic mass is 16.7. The van der Waals surface area contributed by atoms with Crippen LogP contribution in [0.4, 0.5) is 0 Å². The van der Waals surface area contributed by atoms with E-state index in [0.29, 0.717) is 12.8 Å². The van der Waals surface area contributed by atoms with E-state index in [-0.39, 0.29) is 17.6 Å². The highest BCUT2D eigenvalue weighted by Crippen LogP contribution is 2.25. The van der Waals surface area contributed by atoms with E-state index in [2.05, 4.69) is 0 Å². The van der Waals surface area contributed by atoms with Crippen molar-refractivity contribution in [3.8, 4) is 11.5 Å². The fourth-order valence-corrected chi connectivity index (χ4v) is 2.65. The van der Waals surface area contributed by atoms with E-state index >= 15 is 0 Å². The molecule has 0 aliphatic carbocycles. The first-order chi connectivity index (χ1) is 11.3. The summed E-state index contributed by atoms with van der Waals surface area (Å²) in [6.45, 7) is 1.23. The third-order valence-corrected chi connectivity index (χ3v) is 4.02. The van der Waals surface area contributed by atoms with Gasteiger partial charge < -0.3 is 40.1 Å². The molecule has 1 aromatic carbocycles. The van der Waals surface area contributed by atoms with Gasteiger partial charge in [0.2, 0.25) is 0 Å². The normalized spacial score (nSPS) is 31.8. The van der Waals surface area contributed by atoms with Crippen LogP contribution in [0.25, 0.3) is 0 Å². The third-order valence-electron chi connectivity index (χ3n) is 4.02. The zero-order valence-electron chi connectivity index (χ0n) is 13.3. The number of aryl methyl sites for hydroxylation is 1. The van der Waals surface area contributed by atoms with Crippen molar-refractivity contribution in [3.05, 3.63) is 23.8 Å². The van der Waals surface area contributed by atoms with Gasteiger partial charge in [0.1, 0.15) is 35.9 Å². The predicted octanol–water partition coefficient (Wildman–Crippen LogP) is -0.765. The molecule has 1 saturated heterocycles. The molecule has 1 fully saturated rings. The van der Waals surface area contributed by atoms with Crippen LogP contribution in [0.2, 0.25) is 0 Å². The van der Waals surface area contributed by atoms with Gasteiger partial charge in [-0.25, -0.2) is 0 Å². The minimum Gasteiger partial charge on any atom is -0.508 e. The Balaban J connectivity index is 1.90. The third kappa shape index (κ3) is 4.56. The number of aromatic hydroxyl groups is 2. The molecule has 1 aromatic rings. The standard InChI is InChI=1S/C16H24O8/c1-8(2-3-9-4-10(18)6-11(19)5-9)23-16-15(22)14(21)13(20)12(7-17)24-16/h4-6,8,12-22H,2-3,7H2,1H3/t8-,12+,13+,14-,15+,16+/m0/s1. The molecule has 0 unspecified atom stereocenters. The van der Waals surface area contributed by atoms with Gasteiger partial charge in [0, 0.05) is 6.07 Å². The summed E-state index contributed by atoms with van der Waals surface area (Å²) in [4.78, 5) is 0. The number of aliphatic hydroxyl groups is 4. The first-order valence-electron chi connectivity index (χ1n) is 7.79. The van der Waals surface area contributed by atoms with Crippen LogP contribution in [0.3, 0.4) is 0 Å². The summed E-state index contributed by atoms with van der Waals surface area (Å²) in [5.74, 6) is -0.0694. The van der Waals surface area contributed by atoms with Gasteiger partial charge in [-0.3, -0.25) is 0 Å². The molecule has 1 heterocycles. The van der Waals surface area contributed by atoms with Crippen molar-refractivity contribution in [3.63, 3.8) is 0 Å². The Bertz CT molecular complexity index is 515. The fraction of sp³-hybridized carbons (Fsp3) is 0.625. The van der Waals surface area contributed by atoms with Crippen LogP contribution in [-0.4, -0.2) is 74.1 Å². The van der Waals surface area contributed by atoms with Gasteiger partial charge >= 0.3 is 0 Å². The highest BCUT2D eigenvalue weighted by molar-refractivity contribution is 5.36. The van der Waals surface area contributed by atoms with Crippen LogP contribution in [0.15, 0.2) is 18.2 Å². The summed E-state index contributed by atoms with van der Waals surface area (Å²) in [6, 6.07) is 4.29. The van der Waals surface area contributed by atoms with Crippen LogP contribution in [-0.2, 0) is 15.9 Å². The maximum Gasteiger partial charge on any atom is 0.186 e. The SMILES string of the molecule is C[C@@H](CCc1cc(O)cc(O)c1)O[C@@H]1O[C@H](CO)[C@@H](O)[C@H](O)[C@H]1O. The number of hydrogen-bond donors (Lipinski definition) is 6. The van der Waals surface area contributed by atoms with E-state index < -0.39 is 37.3 Å². The van der Waals surface area contributed by atoms with Crippen LogP contribution in [0.1, 0.15) is 18.9 Å². The number of benzene rings is 1. The van der Waals surface area contributed by atoms with Crippen molar-refractivity contribution < 1.29 is 40.1 Å². The van der Waals surface area contributed by atoms with E-state index in [4.69, 9.17) is 14.6 Å². The number of phenolic OH excluding ortho intramolecular Hbond substituents is 2. The molecule has 1 aliphatic heterocycles. The molecule has 0 amide bonds. The van der Waals surface area contributed by atoms with Crippen molar-refractivity contribution in [2.75, 3.05) is 6.61 Å². The Morgan fingerprint density at radius 1 is 1.04 bits per heavy atom. The lowest BCUT2D eigenvalue weighted by atomic mass is 9.99. The molecule has 136 valence electrons. The number of ether oxygens (including phenoxy) is 2. The van der Waals surface area contributed by atoms with Crippen LogP contribution >= 0.6 is 0 Å². The molecule has 8 heteroatoms. The van der Waals surface area contributed by atoms with Crippen LogP contribution in [0.5, 0.6) is 11.5 Å². The molecular weight excluding hydrogens is 320 g/mol. The van der Waals surface area contributed by atoms with Crippen molar-refractivity contribution >= 4 is 0 Å². The second-order valence-corrected chi connectivity index (χ2v) is 6.04. The van der Waals surface area contributed by atoms with Gasteiger partial charge in [-0.05, 0) is 37.5 Å². The van der Waals surface area contributed by atoms with Crippen molar-refractivity contribution in [1.29, 1.82) is 0 Å². The first kappa shape index (κ1) is 18.9. The first-order valence-corrected chi connectivity index (χ1v) is 7.79. The number of aliphatic hydroxyl groups excluding tert-OH is 4. The predicted molar refractivity (Wildman–Crippen MR) is 82.4 cm³/mol. The molecule has 0 radical (unpaired) electrons. The van der Waals surface area contributed by atoms with Crippen LogP contribution < -0.4 is 0 Å². The van der Waals surface area contributed by atoms with Crippen molar-refractivity contribution in [2.45, 2.75) is 56.6 Å². The Morgan fingerprint density at radius 3 is 2.25 bits per heavy atom. The van der Waals surface area contributed by atoms with E-state index in [1.165, 1.54) is 18.2 Å². The molecule has 6 atom stereocenters. The van der Waals surface area contributed by atoms with Gasteiger partial charge in [0.15, 0.2) is 6.29 Å². The molecule has 2 rings (SSSR count). The molecule has 6 N–H and O–H groups in total. The maximum atomic E-state index is 9.92. The summed E-state index contributed by atoms with van der Waals surface area (Å²) in [6.07, 6.45) is -5.90. The summed E-state index contributed by atoms with van der Waals surface area (Å²) >= 11 is 0. The second-order valence-electron chi connectivity index (χ2n) is 6.04. The smallest absolute Gasteiger partial charge is 0.186 e. The van der Waals surface area contributed by atoms with Gasteiger partial charge in [-0.1, -0.05) is 0 Å². The van der Waals surface area contributed by atoms with E-state index in [1.54, 1.807) is 6.92 Å². The molecular formula is C16H24O8. The minimum absolute atomic E-state index is 0.0347. The van der Waals surface area contributed by atoms with Crippen molar-refractivity contribution in [2.24, 2.45) is 0 Å². The van der Waals surface area contributed by atoms with Crippen LogP contribution in [0, 0.1) is 0 Å². The number of rotatable bonds is 6. The lowest BCUT2D eigenvalue weighted by molar-refractivity contribution is -0.310. The van der Waals surface area contributed by atoms with Gasteiger partial charge in [-0.15, -0.1) is 0 Å². The summed E-state index contributed by atoms with van der Waals surface area (Å²) < 4.78 is 10.8. The average molecular weight is 344 g/mol. The topological polar surface area (TPSA) is 140 Å². The average Bonchev–Trinajstić information content (AvgIpc) is 2.52. The fourth-order valence-electron chi connectivity index (χ4n) is 2.65. The molecule has 8 nitrogen and oxygen atoms in total. The molecule has 0 aromatic heterocycles. The zero-order valence-corrected chi connectivity index (χ0v) is 13.3. The Morgan fingerprint density at radius 2 is 1.67 bits per heavy atom. The lowest BCUT2D eigenvalue weighted by Gasteiger charge is -2.40. The van der Waals surface area contributed by atoms with Gasteiger partial charge in [-0.2, -0.15) is 0 Å². The Kier molecular flexibility index (Phi) is 6.39. The highest BCUT2D eigenvalue weighted by Gasteiger charge is 2.44. The lowest BCUT2D eigenvalue weighted by Crippen LogP contribution is -2.59. The summed E-state index contributed by atoms with van der Waals surface area (Å²) in [5, 5.41) is 57.4. The molecule has 24 heavy (non-hydrogen) atoms. The second kappa shape index (κ2) is 8.11. The van der Waals surface area contributed by atoms with E-state index in [0.717, 1.165) is 5.56 Å². The van der Waals surface area contributed by atoms with E-state index in [9.17, 15) is 25.5 Å². The largest absolute Gasteiger partial charge is 0.508 e. The number of phenols is 2. The molecule has 0 spiro atoms. The molecule has 0 saturated carbocycles. The van der Waals surface area contributed by atoms with Crippen molar-refractivity contribution in [1.82, 2.24) is 0 Å². The Labute approximate surface area is 139 Å². The van der Waals surface area contributed by atoms with Gasteiger partial charge in [0.05, 0.1) is 12.7 Å².